The van der Waals surface area contributed by atoms with E-state index in [2.05, 4.69) is 30.7 Å². The lowest BCUT2D eigenvalue weighted by molar-refractivity contribution is 0.0726. The van der Waals surface area contributed by atoms with Crippen LogP contribution in [0.2, 0.25) is 0 Å². The van der Waals surface area contributed by atoms with E-state index in [1.165, 1.54) is 0 Å². The number of rotatable bonds is 3. The summed E-state index contributed by atoms with van der Waals surface area (Å²) < 4.78 is 1.96. The highest BCUT2D eigenvalue weighted by atomic mass is 16.2. The van der Waals surface area contributed by atoms with Crippen molar-refractivity contribution >= 4 is 5.91 Å². The number of carbonyl (C=O) groups is 1. The van der Waals surface area contributed by atoms with E-state index >= 15 is 0 Å². The minimum absolute atomic E-state index is 0.0117. The molecule has 0 radical (unpaired) electrons. The number of carbonyl (C=O) groups excluding carboxylic acids is 1. The van der Waals surface area contributed by atoms with Gasteiger partial charge in [0, 0.05) is 31.2 Å². The molecule has 2 aromatic heterocycles. The maximum absolute atomic E-state index is 12.8. The number of nitrogens with zero attached hydrogens (tertiary/aromatic N) is 4. The van der Waals surface area contributed by atoms with Crippen LogP contribution in [0, 0.1) is 5.92 Å². The fourth-order valence-corrected chi connectivity index (χ4v) is 3.04. The first-order valence-electron chi connectivity index (χ1n) is 7.80. The van der Waals surface area contributed by atoms with Crippen LogP contribution in [0.1, 0.15) is 55.3 Å². The van der Waals surface area contributed by atoms with E-state index in [4.69, 9.17) is 0 Å². The van der Waals surface area contributed by atoms with Crippen LogP contribution in [0.3, 0.4) is 0 Å². The lowest BCUT2D eigenvalue weighted by atomic mass is 10.0. The van der Waals surface area contributed by atoms with Crippen molar-refractivity contribution in [1.82, 2.24) is 19.4 Å². The smallest absolute Gasteiger partial charge is 0.274 e. The van der Waals surface area contributed by atoms with E-state index in [0.717, 1.165) is 18.5 Å². The first-order chi connectivity index (χ1) is 10.6. The summed E-state index contributed by atoms with van der Waals surface area (Å²) in [6, 6.07) is 4.37. The lowest BCUT2D eigenvalue weighted by Crippen LogP contribution is -2.31. The van der Waals surface area contributed by atoms with Gasteiger partial charge in [-0.25, -0.2) is 4.98 Å². The summed E-state index contributed by atoms with van der Waals surface area (Å²) in [7, 11) is 0. The van der Waals surface area contributed by atoms with Gasteiger partial charge in [0.1, 0.15) is 5.69 Å². The first kappa shape index (κ1) is 14.8. The molecule has 3 rings (SSSR count). The molecule has 0 unspecified atom stereocenters. The molecule has 1 aliphatic heterocycles. The summed E-state index contributed by atoms with van der Waals surface area (Å²) in [5, 5.41) is 0. The van der Waals surface area contributed by atoms with Gasteiger partial charge < -0.3 is 9.47 Å². The molecule has 2 aromatic rings. The Kier molecular flexibility index (Phi) is 3.96. The molecule has 116 valence electrons. The zero-order valence-corrected chi connectivity index (χ0v) is 13.3. The van der Waals surface area contributed by atoms with Gasteiger partial charge in [0.05, 0.1) is 12.4 Å². The van der Waals surface area contributed by atoms with Gasteiger partial charge in [0.25, 0.3) is 5.91 Å². The van der Waals surface area contributed by atoms with Crippen LogP contribution in [-0.2, 0) is 0 Å². The minimum Gasteiger partial charge on any atom is -0.334 e. The average molecular weight is 298 g/mol. The maximum Gasteiger partial charge on any atom is 0.274 e. The quantitative estimate of drug-likeness (QED) is 0.875. The molecule has 22 heavy (non-hydrogen) atoms. The van der Waals surface area contributed by atoms with Crippen LogP contribution in [0.5, 0.6) is 0 Å². The third kappa shape index (κ3) is 2.75. The molecule has 1 saturated heterocycles. The van der Waals surface area contributed by atoms with Crippen LogP contribution >= 0.6 is 0 Å². The van der Waals surface area contributed by atoms with Crippen molar-refractivity contribution in [3.05, 3.63) is 48.3 Å². The molecule has 0 N–H and O–H groups in total. The van der Waals surface area contributed by atoms with Crippen LogP contribution in [0.15, 0.2) is 37.1 Å². The fourth-order valence-electron chi connectivity index (χ4n) is 3.04. The minimum atomic E-state index is 0.0117. The van der Waals surface area contributed by atoms with Crippen molar-refractivity contribution in [2.45, 2.75) is 39.3 Å². The van der Waals surface area contributed by atoms with Crippen LogP contribution in [0.25, 0.3) is 0 Å². The second-order valence-corrected chi connectivity index (χ2v) is 6.40. The highest BCUT2D eigenvalue weighted by molar-refractivity contribution is 5.92. The molecule has 1 aliphatic rings. The predicted octanol–water partition coefficient (Wildman–Crippen LogP) is 3.08. The Morgan fingerprint density at radius 3 is 2.86 bits per heavy atom. The SMILES string of the molecule is CC(C)n1cnc(C(=O)N2C[C@H](C)C[C@H]2c2cccnc2)c1. The van der Waals surface area contributed by atoms with E-state index in [0.29, 0.717) is 17.7 Å². The topological polar surface area (TPSA) is 51.0 Å². The normalized spacial score (nSPS) is 21.5. The molecular formula is C17H22N4O. The molecule has 0 saturated carbocycles. The van der Waals surface area contributed by atoms with Gasteiger partial charge >= 0.3 is 0 Å². The third-order valence-electron chi connectivity index (χ3n) is 4.26. The number of hydrogen-bond donors (Lipinski definition) is 0. The molecule has 5 heteroatoms. The Balaban J connectivity index is 1.86. The Hall–Kier alpha value is -2.17. The van der Waals surface area contributed by atoms with E-state index < -0.39 is 0 Å². The summed E-state index contributed by atoms with van der Waals surface area (Å²) in [5.74, 6) is 0.499. The predicted molar refractivity (Wildman–Crippen MR) is 84.4 cm³/mol. The second kappa shape index (κ2) is 5.91. The van der Waals surface area contributed by atoms with E-state index in [-0.39, 0.29) is 11.9 Å². The Morgan fingerprint density at radius 2 is 2.23 bits per heavy atom. The van der Waals surface area contributed by atoms with Gasteiger partial charge in [-0.1, -0.05) is 13.0 Å². The Morgan fingerprint density at radius 1 is 1.41 bits per heavy atom. The van der Waals surface area contributed by atoms with E-state index in [9.17, 15) is 4.79 Å². The van der Waals surface area contributed by atoms with Crippen LogP contribution in [-0.4, -0.2) is 31.9 Å². The molecule has 1 fully saturated rings. The molecule has 3 heterocycles. The van der Waals surface area contributed by atoms with E-state index in [1.54, 1.807) is 12.5 Å². The molecule has 2 atom stereocenters. The van der Waals surface area contributed by atoms with Gasteiger partial charge in [-0.2, -0.15) is 0 Å². The molecule has 0 spiro atoms. The fraction of sp³-hybridized carbons (Fsp3) is 0.471. The second-order valence-electron chi connectivity index (χ2n) is 6.40. The van der Waals surface area contributed by atoms with Gasteiger partial charge in [0.15, 0.2) is 0 Å². The van der Waals surface area contributed by atoms with Gasteiger partial charge in [0.2, 0.25) is 0 Å². The number of aromatic nitrogens is 3. The zero-order chi connectivity index (χ0) is 15.7. The summed E-state index contributed by atoms with van der Waals surface area (Å²) in [5.41, 5.74) is 1.63. The Bertz CT molecular complexity index is 650. The molecule has 0 aliphatic carbocycles. The summed E-state index contributed by atoms with van der Waals surface area (Å²) in [4.78, 5) is 23.3. The van der Waals surface area contributed by atoms with Crippen molar-refractivity contribution in [2.24, 2.45) is 5.92 Å². The van der Waals surface area contributed by atoms with Crippen molar-refractivity contribution in [3.63, 3.8) is 0 Å². The molecule has 0 aromatic carbocycles. The Labute approximate surface area is 131 Å². The first-order valence-corrected chi connectivity index (χ1v) is 7.80. The average Bonchev–Trinajstić information content (AvgIpc) is 3.14. The standard InChI is InChI=1S/C17H22N4O/c1-12(2)20-10-15(19-11-20)17(22)21-9-13(3)7-16(21)14-5-4-6-18-8-14/h4-6,8,10-13,16H,7,9H2,1-3H3/t13-,16+/m1/s1. The number of pyridine rings is 1. The highest BCUT2D eigenvalue weighted by Crippen LogP contribution is 2.35. The summed E-state index contributed by atoms with van der Waals surface area (Å²) >= 11 is 0. The van der Waals surface area contributed by atoms with Gasteiger partial charge in [-0.3, -0.25) is 9.78 Å². The third-order valence-corrected chi connectivity index (χ3v) is 4.26. The zero-order valence-electron chi connectivity index (χ0n) is 13.3. The summed E-state index contributed by atoms with van der Waals surface area (Å²) in [6.45, 7) is 7.11. The molecule has 1 amide bonds. The lowest BCUT2D eigenvalue weighted by Gasteiger charge is -2.24. The maximum atomic E-state index is 12.8. The van der Waals surface area contributed by atoms with Crippen LogP contribution in [0.4, 0.5) is 0 Å². The highest BCUT2D eigenvalue weighted by Gasteiger charge is 2.35. The monoisotopic (exact) mass is 298 g/mol. The summed E-state index contributed by atoms with van der Waals surface area (Å²) in [6.07, 6.45) is 8.17. The van der Waals surface area contributed by atoms with Gasteiger partial charge in [-0.15, -0.1) is 0 Å². The molecular weight excluding hydrogens is 276 g/mol. The van der Waals surface area contributed by atoms with Crippen molar-refractivity contribution < 1.29 is 4.79 Å². The molecule has 0 bridgehead atoms. The molecule has 5 nitrogen and oxygen atoms in total. The number of amides is 1. The number of hydrogen-bond acceptors (Lipinski definition) is 3. The van der Waals surface area contributed by atoms with Crippen molar-refractivity contribution in [1.29, 1.82) is 0 Å². The van der Waals surface area contributed by atoms with Crippen molar-refractivity contribution in [3.8, 4) is 0 Å². The van der Waals surface area contributed by atoms with E-state index in [1.807, 2.05) is 34.0 Å². The van der Waals surface area contributed by atoms with Gasteiger partial charge in [-0.05, 0) is 37.8 Å². The van der Waals surface area contributed by atoms with Crippen LogP contribution < -0.4 is 0 Å². The number of likely N-dealkylation sites (tertiary alicyclic amines) is 1. The largest absolute Gasteiger partial charge is 0.334 e. The van der Waals surface area contributed by atoms with Crippen molar-refractivity contribution in [2.75, 3.05) is 6.54 Å². The number of imidazole rings is 1.